The molecule has 0 atom stereocenters. The normalized spacial score (nSPS) is 37.8. The Kier molecular flexibility index (Phi) is 2.81. The molecule has 3 N–H and O–H groups in total. The van der Waals surface area contributed by atoms with Gasteiger partial charge in [0.15, 0.2) is 0 Å². The molecule has 2 aliphatic rings. The molecule has 0 unspecified atom stereocenters. The van der Waals surface area contributed by atoms with Gasteiger partial charge in [-0.15, -0.1) is 0 Å². The minimum atomic E-state index is -2.72. The molecule has 4 nitrogen and oxygen atoms in total. The summed E-state index contributed by atoms with van der Waals surface area (Å²) < 4.78 is 22.3. The average Bonchev–Trinajstić information content (AvgIpc) is 2.06. The highest BCUT2D eigenvalue weighted by molar-refractivity contribution is 7.91. The Morgan fingerprint density at radius 2 is 1.64 bits per heavy atom. The first-order chi connectivity index (χ1) is 6.55. The maximum Gasteiger partial charge on any atom is 0.150 e. The van der Waals surface area contributed by atoms with Crippen molar-refractivity contribution in [1.29, 1.82) is 0 Å². The number of nitrogens with one attached hydrogen (secondary N) is 1. The molecule has 2 rings (SSSR count). The van der Waals surface area contributed by atoms with Crippen molar-refractivity contribution in [3.63, 3.8) is 0 Å². The molecule has 1 saturated carbocycles. The Morgan fingerprint density at radius 1 is 1.07 bits per heavy atom. The topological polar surface area (TPSA) is 72.2 Å². The number of hydrogen-bond acceptors (Lipinski definition) is 4. The molecule has 0 radical (unpaired) electrons. The van der Waals surface area contributed by atoms with Gasteiger partial charge < -0.3 is 11.1 Å². The predicted molar refractivity (Wildman–Crippen MR) is 55.8 cm³/mol. The lowest BCUT2D eigenvalue weighted by Crippen LogP contribution is -2.53. The third-order valence-corrected chi connectivity index (χ3v) is 4.92. The fourth-order valence-electron chi connectivity index (χ4n) is 2.19. The van der Waals surface area contributed by atoms with Crippen molar-refractivity contribution >= 4 is 9.84 Å². The van der Waals surface area contributed by atoms with Crippen LogP contribution in [0.3, 0.4) is 0 Å². The Balaban J connectivity index is 1.74. The lowest BCUT2D eigenvalue weighted by molar-refractivity contribution is 0.258. The van der Waals surface area contributed by atoms with Crippen LogP contribution in [-0.4, -0.2) is 38.0 Å². The number of sulfone groups is 1. The van der Waals surface area contributed by atoms with Gasteiger partial charge in [0.05, 0.1) is 11.5 Å². The van der Waals surface area contributed by atoms with E-state index in [4.69, 9.17) is 5.73 Å². The summed E-state index contributed by atoms with van der Waals surface area (Å²) in [6.45, 7) is 0. The fourth-order valence-corrected chi connectivity index (χ4v) is 3.68. The lowest BCUT2D eigenvalue weighted by Gasteiger charge is -2.37. The lowest BCUT2D eigenvalue weighted by atomic mass is 9.87. The van der Waals surface area contributed by atoms with Gasteiger partial charge in [-0.1, -0.05) is 0 Å². The minimum absolute atomic E-state index is 0.351. The van der Waals surface area contributed by atoms with Crippen molar-refractivity contribution in [2.24, 2.45) is 5.73 Å². The van der Waals surface area contributed by atoms with E-state index in [0.29, 0.717) is 29.6 Å². The summed E-state index contributed by atoms with van der Waals surface area (Å²) in [4.78, 5) is 0. The van der Waals surface area contributed by atoms with Crippen LogP contribution in [0.15, 0.2) is 0 Å². The molecule has 2 fully saturated rings. The molecule has 1 aliphatic heterocycles. The molecule has 1 heterocycles. The Labute approximate surface area is 85.2 Å². The molecule has 0 amide bonds. The molecule has 0 aromatic rings. The first-order valence-electron chi connectivity index (χ1n) is 5.27. The first-order valence-corrected chi connectivity index (χ1v) is 7.09. The van der Waals surface area contributed by atoms with Crippen LogP contribution < -0.4 is 11.1 Å². The summed E-state index contributed by atoms with van der Waals surface area (Å²) in [7, 11) is -2.72. The Morgan fingerprint density at radius 3 is 2.14 bits per heavy atom. The summed E-state index contributed by atoms with van der Waals surface area (Å²) >= 11 is 0. The van der Waals surface area contributed by atoms with Crippen molar-refractivity contribution in [2.45, 2.75) is 43.8 Å². The summed E-state index contributed by atoms with van der Waals surface area (Å²) in [5.74, 6) is 0.701. The van der Waals surface area contributed by atoms with Gasteiger partial charge >= 0.3 is 0 Å². The van der Waals surface area contributed by atoms with Gasteiger partial charge in [0, 0.05) is 18.1 Å². The van der Waals surface area contributed by atoms with Crippen LogP contribution in [0.5, 0.6) is 0 Å². The molecular formula is C9H18N2O2S. The maximum atomic E-state index is 11.2. The van der Waals surface area contributed by atoms with Crippen LogP contribution in [0.25, 0.3) is 0 Å². The smallest absolute Gasteiger partial charge is 0.150 e. The number of hydrogen-bond donors (Lipinski definition) is 2. The van der Waals surface area contributed by atoms with E-state index >= 15 is 0 Å². The predicted octanol–water partition coefficient (Wildman–Crippen LogP) is -0.357. The second-order valence-corrected chi connectivity index (χ2v) is 6.82. The van der Waals surface area contributed by atoms with E-state index in [0.717, 1.165) is 25.7 Å². The summed E-state index contributed by atoms with van der Waals surface area (Å²) in [5.41, 5.74) is 5.68. The van der Waals surface area contributed by atoms with Gasteiger partial charge in [-0.05, 0) is 25.7 Å². The molecule has 0 aromatic heterocycles. The summed E-state index contributed by atoms with van der Waals surface area (Å²) in [6, 6.07) is 1.30. The SMILES string of the molecule is NC1CC(NC2CCS(=O)(=O)CC2)C1. The zero-order valence-corrected chi connectivity index (χ0v) is 9.09. The van der Waals surface area contributed by atoms with Gasteiger partial charge in [-0.3, -0.25) is 0 Å². The van der Waals surface area contributed by atoms with Crippen molar-refractivity contribution in [2.75, 3.05) is 11.5 Å². The number of rotatable bonds is 2. The van der Waals surface area contributed by atoms with Crippen LogP contribution in [0.4, 0.5) is 0 Å². The molecule has 1 aliphatic carbocycles. The van der Waals surface area contributed by atoms with E-state index in [1.54, 1.807) is 0 Å². The van der Waals surface area contributed by atoms with Crippen molar-refractivity contribution in [1.82, 2.24) is 5.32 Å². The van der Waals surface area contributed by atoms with Crippen molar-refractivity contribution in [3.05, 3.63) is 0 Å². The molecule has 0 bridgehead atoms. The van der Waals surface area contributed by atoms with Crippen molar-refractivity contribution < 1.29 is 8.42 Å². The Bertz CT molecular complexity index is 282. The second-order valence-electron chi connectivity index (χ2n) is 4.52. The van der Waals surface area contributed by atoms with E-state index in [9.17, 15) is 8.42 Å². The molecule has 82 valence electrons. The Hall–Kier alpha value is -0.130. The summed E-state index contributed by atoms with van der Waals surface area (Å²) in [6.07, 6.45) is 3.63. The van der Waals surface area contributed by atoms with Crippen LogP contribution in [0.2, 0.25) is 0 Å². The van der Waals surface area contributed by atoms with E-state index in [2.05, 4.69) is 5.32 Å². The molecule has 1 saturated heterocycles. The van der Waals surface area contributed by atoms with E-state index in [1.807, 2.05) is 0 Å². The van der Waals surface area contributed by atoms with Crippen LogP contribution >= 0.6 is 0 Å². The van der Waals surface area contributed by atoms with Crippen LogP contribution in [0.1, 0.15) is 25.7 Å². The minimum Gasteiger partial charge on any atom is -0.328 e. The van der Waals surface area contributed by atoms with Gasteiger partial charge in [-0.25, -0.2) is 8.42 Å². The molecule has 5 heteroatoms. The monoisotopic (exact) mass is 218 g/mol. The standard InChI is InChI=1S/C9H18N2O2S/c10-7-5-9(6-7)11-8-1-3-14(12,13)4-2-8/h7-9,11H,1-6,10H2. The van der Waals surface area contributed by atoms with Gasteiger partial charge in [0.25, 0.3) is 0 Å². The molecule has 14 heavy (non-hydrogen) atoms. The fraction of sp³-hybridized carbons (Fsp3) is 1.00. The van der Waals surface area contributed by atoms with Gasteiger partial charge in [0.1, 0.15) is 9.84 Å². The maximum absolute atomic E-state index is 11.2. The quantitative estimate of drug-likeness (QED) is 0.664. The van der Waals surface area contributed by atoms with E-state index in [1.165, 1.54) is 0 Å². The summed E-state index contributed by atoms with van der Waals surface area (Å²) in [5, 5.41) is 3.48. The second kappa shape index (κ2) is 3.79. The van der Waals surface area contributed by atoms with E-state index in [-0.39, 0.29) is 0 Å². The third-order valence-electron chi connectivity index (χ3n) is 3.20. The van der Waals surface area contributed by atoms with Gasteiger partial charge in [0.2, 0.25) is 0 Å². The highest BCUT2D eigenvalue weighted by Crippen LogP contribution is 2.21. The molecular weight excluding hydrogens is 200 g/mol. The van der Waals surface area contributed by atoms with E-state index < -0.39 is 9.84 Å². The zero-order valence-electron chi connectivity index (χ0n) is 8.28. The van der Waals surface area contributed by atoms with Crippen molar-refractivity contribution in [3.8, 4) is 0 Å². The number of nitrogens with two attached hydrogens (primary N) is 1. The molecule has 0 spiro atoms. The zero-order chi connectivity index (χ0) is 10.2. The van der Waals surface area contributed by atoms with Crippen LogP contribution in [-0.2, 0) is 9.84 Å². The third kappa shape index (κ3) is 2.46. The van der Waals surface area contributed by atoms with Crippen LogP contribution in [0, 0.1) is 0 Å². The van der Waals surface area contributed by atoms with Gasteiger partial charge in [-0.2, -0.15) is 0 Å². The highest BCUT2D eigenvalue weighted by Gasteiger charge is 2.30. The highest BCUT2D eigenvalue weighted by atomic mass is 32.2. The average molecular weight is 218 g/mol. The first kappa shape index (κ1) is 10.4. The molecule has 0 aromatic carbocycles. The largest absolute Gasteiger partial charge is 0.328 e.